The summed E-state index contributed by atoms with van der Waals surface area (Å²) in [6, 6.07) is 2.74. The van der Waals surface area contributed by atoms with Crippen LogP contribution in [0.25, 0.3) is 0 Å². The average Bonchev–Trinajstić information content (AvgIpc) is 2.54. The number of carbonyl (C=O) groups is 2. The molecule has 1 aliphatic heterocycles. The lowest BCUT2D eigenvalue weighted by molar-refractivity contribution is -0.124. The topological polar surface area (TPSA) is 104 Å². The van der Waals surface area contributed by atoms with Gasteiger partial charge in [-0.2, -0.15) is 4.31 Å². The van der Waals surface area contributed by atoms with Gasteiger partial charge in [-0.15, -0.1) is 0 Å². The molecule has 0 bridgehead atoms. The Labute approximate surface area is 154 Å². The second-order valence-corrected chi connectivity index (χ2v) is 8.96. The summed E-state index contributed by atoms with van der Waals surface area (Å²) in [6.07, 6.45) is 1.36. The van der Waals surface area contributed by atoms with Crippen LogP contribution in [0.15, 0.2) is 17.0 Å². The molecule has 0 aliphatic carbocycles. The molecule has 1 amide bonds. The quantitative estimate of drug-likeness (QED) is 0.810. The molecule has 1 aromatic rings. The van der Waals surface area contributed by atoms with Gasteiger partial charge >= 0.3 is 5.97 Å². The minimum absolute atomic E-state index is 0.0105. The number of aryl methyl sites for hydroxylation is 1. The van der Waals surface area contributed by atoms with Crippen LogP contribution in [0.5, 0.6) is 0 Å². The van der Waals surface area contributed by atoms with E-state index in [9.17, 15) is 23.1 Å². The second kappa shape index (κ2) is 7.75. The van der Waals surface area contributed by atoms with Gasteiger partial charge in [-0.1, -0.05) is 19.9 Å². The van der Waals surface area contributed by atoms with E-state index in [1.54, 1.807) is 20.8 Å². The minimum Gasteiger partial charge on any atom is -0.478 e. The predicted octanol–water partition coefficient (Wildman–Crippen LogP) is 1.93. The number of aromatic carboxylic acids is 1. The van der Waals surface area contributed by atoms with Crippen molar-refractivity contribution in [2.45, 2.75) is 51.5 Å². The molecule has 7 nitrogen and oxygen atoms in total. The van der Waals surface area contributed by atoms with Crippen LogP contribution in [0, 0.1) is 19.8 Å². The highest BCUT2D eigenvalue weighted by atomic mass is 32.2. The first-order valence-electron chi connectivity index (χ1n) is 8.69. The highest BCUT2D eigenvalue weighted by Crippen LogP contribution is 2.27. The number of amides is 1. The largest absolute Gasteiger partial charge is 0.478 e. The molecule has 144 valence electrons. The Balaban J connectivity index is 2.31. The fourth-order valence-corrected chi connectivity index (χ4v) is 4.97. The molecule has 2 rings (SSSR count). The van der Waals surface area contributed by atoms with Crippen LogP contribution in [0.2, 0.25) is 0 Å². The summed E-state index contributed by atoms with van der Waals surface area (Å²) < 4.78 is 27.5. The van der Waals surface area contributed by atoms with Crippen molar-refractivity contribution in [2.24, 2.45) is 5.92 Å². The van der Waals surface area contributed by atoms with Crippen LogP contribution in [0.1, 0.15) is 48.2 Å². The maximum Gasteiger partial charge on any atom is 0.336 e. The standard InChI is InChI=1S/C18H26N2O5S/c1-11(2)17(21)19-14-6-5-9-20(10-14)26(24,25)15-8-7-12(3)16(13(15)4)18(22)23/h7-8,11,14H,5-6,9-10H2,1-4H3,(H,19,21)(H,22,23). The molecule has 1 atom stereocenters. The summed E-state index contributed by atoms with van der Waals surface area (Å²) in [4.78, 5) is 23.4. The van der Waals surface area contributed by atoms with E-state index in [1.807, 2.05) is 0 Å². The zero-order valence-electron chi connectivity index (χ0n) is 15.6. The van der Waals surface area contributed by atoms with Gasteiger partial charge in [0, 0.05) is 25.0 Å². The van der Waals surface area contributed by atoms with E-state index < -0.39 is 16.0 Å². The van der Waals surface area contributed by atoms with Crippen molar-refractivity contribution in [3.8, 4) is 0 Å². The minimum atomic E-state index is -3.84. The molecular formula is C18H26N2O5S. The zero-order chi connectivity index (χ0) is 19.6. The first kappa shape index (κ1) is 20.4. The first-order chi connectivity index (χ1) is 12.1. The molecule has 2 N–H and O–H groups in total. The Bertz CT molecular complexity index is 817. The van der Waals surface area contributed by atoms with Gasteiger partial charge in [0.1, 0.15) is 0 Å². The summed E-state index contributed by atoms with van der Waals surface area (Å²) in [7, 11) is -3.84. The van der Waals surface area contributed by atoms with E-state index in [2.05, 4.69) is 5.32 Å². The maximum atomic E-state index is 13.1. The molecule has 1 fully saturated rings. The average molecular weight is 382 g/mol. The molecule has 1 saturated heterocycles. The summed E-state index contributed by atoms with van der Waals surface area (Å²) in [6.45, 7) is 7.28. The van der Waals surface area contributed by atoms with E-state index >= 15 is 0 Å². The third-order valence-electron chi connectivity index (χ3n) is 4.71. The van der Waals surface area contributed by atoms with E-state index in [0.29, 0.717) is 18.5 Å². The van der Waals surface area contributed by atoms with Gasteiger partial charge in [0.05, 0.1) is 10.5 Å². The Hall–Kier alpha value is -1.93. The maximum absolute atomic E-state index is 13.1. The predicted molar refractivity (Wildman–Crippen MR) is 97.6 cm³/mol. The fourth-order valence-electron chi connectivity index (χ4n) is 3.22. The summed E-state index contributed by atoms with van der Waals surface area (Å²) in [5.74, 6) is -1.41. The van der Waals surface area contributed by atoms with Crippen molar-refractivity contribution < 1.29 is 23.1 Å². The Morgan fingerprint density at radius 2 is 1.92 bits per heavy atom. The SMILES string of the molecule is Cc1ccc(S(=O)(=O)N2CCCC(NC(=O)C(C)C)C2)c(C)c1C(=O)O. The van der Waals surface area contributed by atoms with Crippen LogP contribution < -0.4 is 5.32 Å². The molecule has 0 aromatic heterocycles. The second-order valence-electron chi connectivity index (χ2n) is 7.05. The Morgan fingerprint density at radius 1 is 1.27 bits per heavy atom. The molecule has 1 aliphatic rings. The van der Waals surface area contributed by atoms with E-state index in [-0.39, 0.29) is 40.4 Å². The number of piperidine rings is 1. The number of sulfonamides is 1. The van der Waals surface area contributed by atoms with Crippen molar-refractivity contribution in [3.05, 3.63) is 28.8 Å². The Kier molecular flexibility index (Phi) is 6.08. The summed E-state index contributed by atoms with van der Waals surface area (Å²) >= 11 is 0. The van der Waals surface area contributed by atoms with Gasteiger partial charge in [0.25, 0.3) is 0 Å². The highest BCUT2D eigenvalue weighted by Gasteiger charge is 2.33. The van der Waals surface area contributed by atoms with Crippen molar-refractivity contribution >= 4 is 21.9 Å². The molecule has 0 spiro atoms. The number of carboxylic acids is 1. The van der Waals surface area contributed by atoms with E-state index in [1.165, 1.54) is 23.4 Å². The third-order valence-corrected chi connectivity index (χ3v) is 6.72. The van der Waals surface area contributed by atoms with Gasteiger partial charge in [0.2, 0.25) is 15.9 Å². The van der Waals surface area contributed by atoms with Crippen LogP contribution in [0.4, 0.5) is 0 Å². The molecule has 1 unspecified atom stereocenters. The molecule has 0 radical (unpaired) electrons. The molecule has 0 saturated carbocycles. The number of hydrogen-bond donors (Lipinski definition) is 2. The van der Waals surface area contributed by atoms with Gasteiger partial charge < -0.3 is 10.4 Å². The number of nitrogens with one attached hydrogen (secondary N) is 1. The molecule has 8 heteroatoms. The molecule has 1 heterocycles. The van der Waals surface area contributed by atoms with Gasteiger partial charge in [-0.3, -0.25) is 4.79 Å². The number of carboxylic acid groups (broad SMARTS) is 1. The molecule has 1 aromatic carbocycles. The van der Waals surface area contributed by atoms with Crippen molar-refractivity contribution in [3.63, 3.8) is 0 Å². The highest BCUT2D eigenvalue weighted by molar-refractivity contribution is 7.89. The summed E-state index contributed by atoms with van der Waals surface area (Å²) in [5.41, 5.74) is 0.785. The zero-order valence-corrected chi connectivity index (χ0v) is 16.4. The first-order valence-corrected chi connectivity index (χ1v) is 10.1. The van der Waals surface area contributed by atoms with Crippen LogP contribution in [-0.2, 0) is 14.8 Å². The van der Waals surface area contributed by atoms with Gasteiger partial charge in [-0.05, 0) is 43.9 Å². The van der Waals surface area contributed by atoms with E-state index in [0.717, 1.165) is 6.42 Å². The lowest BCUT2D eigenvalue weighted by atomic mass is 10.0. The van der Waals surface area contributed by atoms with Gasteiger partial charge in [0.15, 0.2) is 0 Å². The van der Waals surface area contributed by atoms with Crippen molar-refractivity contribution in [2.75, 3.05) is 13.1 Å². The Morgan fingerprint density at radius 3 is 2.50 bits per heavy atom. The lowest BCUT2D eigenvalue weighted by Crippen LogP contribution is -2.50. The monoisotopic (exact) mass is 382 g/mol. The normalized spacial score (nSPS) is 18.7. The van der Waals surface area contributed by atoms with Crippen LogP contribution >= 0.6 is 0 Å². The number of rotatable bonds is 5. The fraction of sp³-hybridized carbons (Fsp3) is 0.556. The number of nitrogens with zero attached hydrogens (tertiary/aromatic N) is 1. The number of benzene rings is 1. The van der Waals surface area contributed by atoms with E-state index in [4.69, 9.17) is 0 Å². The smallest absolute Gasteiger partial charge is 0.336 e. The van der Waals surface area contributed by atoms with Crippen LogP contribution in [-0.4, -0.2) is 48.8 Å². The summed E-state index contributed by atoms with van der Waals surface area (Å²) in [5, 5.41) is 12.3. The van der Waals surface area contributed by atoms with Gasteiger partial charge in [-0.25, -0.2) is 13.2 Å². The molecule has 26 heavy (non-hydrogen) atoms. The van der Waals surface area contributed by atoms with Crippen LogP contribution in [0.3, 0.4) is 0 Å². The van der Waals surface area contributed by atoms with Crippen molar-refractivity contribution in [1.29, 1.82) is 0 Å². The number of carbonyl (C=O) groups excluding carboxylic acids is 1. The molecular weight excluding hydrogens is 356 g/mol. The third kappa shape index (κ3) is 4.07. The lowest BCUT2D eigenvalue weighted by Gasteiger charge is -2.33. The van der Waals surface area contributed by atoms with Crippen molar-refractivity contribution in [1.82, 2.24) is 9.62 Å². The number of hydrogen-bond acceptors (Lipinski definition) is 4.